The van der Waals surface area contributed by atoms with Crippen LogP contribution in [0.4, 0.5) is 11.6 Å². The van der Waals surface area contributed by atoms with Crippen molar-refractivity contribution in [3.63, 3.8) is 0 Å². The number of halogens is 1. The van der Waals surface area contributed by atoms with Gasteiger partial charge in [0.1, 0.15) is 0 Å². The van der Waals surface area contributed by atoms with E-state index in [-0.39, 0.29) is 24.0 Å². The Balaban J connectivity index is 0.00000240. The van der Waals surface area contributed by atoms with Crippen LogP contribution < -0.4 is 15.1 Å². The predicted molar refractivity (Wildman–Crippen MR) is 130 cm³/mol. The molecule has 29 heavy (non-hydrogen) atoms. The van der Waals surface area contributed by atoms with E-state index in [1.165, 1.54) is 11.3 Å². The molecule has 0 atom stereocenters. The molecule has 3 heterocycles. The molecule has 1 aromatic carbocycles. The molecule has 0 amide bonds. The maximum Gasteiger partial charge on any atom is 0.225 e. The average molecular weight is 507 g/mol. The lowest BCUT2D eigenvalue weighted by atomic mass is 10.2. The largest absolute Gasteiger partial charge is 0.356 e. The summed E-state index contributed by atoms with van der Waals surface area (Å²) in [5.74, 6) is 1.83. The summed E-state index contributed by atoms with van der Waals surface area (Å²) in [6.45, 7) is 7.15. The third-order valence-electron chi connectivity index (χ3n) is 5.50. The molecule has 0 spiro atoms. The maximum atomic E-state index is 4.49. The van der Waals surface area contributed by atoms with E-state index in [2.05, 4.69) is 59.2 Å². The number of aliphatic imine (C=N–C) groups is 1. The van der Waals surface area contributed by atoms with Gasteiger partial charge in [-0.2, -0.15) is 0 Å². The molecule has 2 aromatic rings. The van der Waals surface area contributed by atoms with Gasteiger partial charge in [-0.05, 0) is 37.1 Å². The number of hydrogen-bond acceptors (Lipinski definition) is 5. The number of guanidine groups is 1. The van der Waals surface area contributed by atoms with Gasteiger partial charge in [-0.15, -0.1) is 24.0 Å². The first-order valence-corrected chi connectivity index (χ1v) is 10.2. The van der Waals surface area contributed by atoms with Crippen molar-refractivity contribution < 1.29 is 0 Å². The summed E-state index contributed by atoms with van der Waals surface area (Å²) in [5, 5.41) is 3.55. The van der Waals surface area contributed by atoms with Gasteiger partial charge in [-0.1, -0.05) is 18.2 Å². The summed E-state index contributed by atoms with van der Waals surface area (Å²) in [6.07, 6.45) is 5.82. The highest BCUT2D eigenvalue weighted by atomic mass is 127. The van der Waals surface area contributed by atoms with Crippen molar-refractivity contribution in [2.24, 2.45) is 4.99 Å². The van der Waals surface area contributed by atoms with E-state index in [9.17, 15) is 0 Å². The number of aromatic nitrogens is 2. The van der Waals surface area contributed by atoms with Crippen molar-refractivity contribution in [1.82, 2.24) is 20.2 Å². The Bertz CT molecular complexity index is 791. The molecule has 1 aromatic heterocycles. The molecule has 8 heteroatoms. The lowest BCUT2D eigenvalue weighted by molar-refractivity contribution is 0.254. The topological polar surface area (TPSA) is 59.9 Å². The van der Waals surface area contributed by atoms with Crippen LogP contribution in [-0.4, -0.2) is 73.7 Å². The zero-order chi connectivity index (χ0) is 19.2. The minimum atomic E-state index is 0. The third kappa shape index (κ3) is 5.36. The second-order valence-electron chi connectivity index (χ2n) is 7.24. The molecule has 1 saturated heterocycles. The lowest BCUT2D eigenvalue weighted by Gasteiger charge is -2.34. The summed E-state index contributed by atoms with van der Waals surface area (Å²) < 4.78 is 0. The monoisotopic (exact) mass is 507 g/mol. The molecule has 1 fully saturated rings. The van der Waals surface area contributed by atoms with E-state index >= 15 is 0 Å². The fourth-order valence-corrected chi connectivity index (χ4v) is 3.98. The normalized spacial score (nSPS) is 17.1. The van der Waals surface area contributed by atoms with Crippen molar-refractivity contribution in [3.8, 4) is 0 Å². The Morgan fingerprint density at radius 1 is 1.03 bits per heavy atom. The van der Waals surface area contributed by atoms with Gasteiger partial charge in [0.25, 0.3) is 0 Å². The molecular weight excluding hydrogens is 477 g/mol. The van der Waals surface area contributed by atoms with Crippen LogP contribution in [0.15, 0.2) is 47.7 Å². The van der Waals surface area contributed by atoms with Crippen molar-refractivity contribution in [2.75, 3.05) is 62.7 Å². The second-order valence-corrected chi connectivity index (χ2v) is 7.24. The number of hydrogen-bond donors (Lipinski definition) is 1. The van der Waals surface area contributed by atoms with E-state index in [0.29, 0.717) is 0 Å². The first kappa shape index (κ1) is 21.8. The van der Waals surface area contributed by atoms with Crippen LogP contribution in [0.5, 0.6) is 0 Å². The minimum absolute atomic E-state index is 0. The van der Waals surface area contributed by atoms with Crippen molar-refractivity contribution in [2.45, 2.75) is 12.8 Å². The van der Waals surface area contributed by atoms with Crippen LogP contribution >= 0.6 is 24.0 Å². The molecular formula is C21H30IN7. The predicted octanol–water partition coefficient (Wildman–Crippen LogP) is 2.24. The number of para-hydroxylation sites is 1. The average Bonchev–Trinajstić information content (AvgIpc) is 3.19. The quantitative estimate of drug-likeness (QED) is 0.290. The molecule has 0 bridgehead atoms. The molecule has 0 radical (unpaired) electrons. The Labute approximate surface area is 190 Å². The number of nitrogens with zero attached hydrogens (tertiary/aromatic N) is 6. The van der Waals surface area contributed by atoms with Crippen LogP contribution in [-0.2, 0) is 6.42 Å². The minimum Gasteiger partial charge on any atom is -0.356 e. The van der Waals surface area contributed by atoms with E-state index in [1.54, 1.807) is 0 Å². The van der Waals surface area contributed by atoms with E-state index in [0.717, 1.165) is 70.6 Å². The highest BCUT2D eigenvalue weighted by Gasteiger charge is 2.22. The van der Waals surface area contributed by atoms with Crippen LogP contribution in [0, 0.1) is 0 Å². The van der Waals surface area contributed by atoms with Crippen LogP contribution in [0.2, 0.25) is 0 Å². The van der Waals surface area contributed by atoms with Crippen molar-refractivity contribution >= 4 is 41.6 Å². The fourth-order valence-electron chi connectivity index (χ4n) is 3.98. The number of anilines is 2. The van der Waals surface area contributed by atoms with E-state index in [4.69, 9.17) is 0 Å². The number of fused-ring (bicyclic) bond motifs is 1. The summed E-state index contributed by atoms with van der Waals surface area (Å²) in [7, 11) is 1.87. The van der Waals surface area contributed by atoms with Gasteiger partial charge in [0, 0.05) is 64.4 Å². The van der Waals surface area contributed by atoms with E-state index < -0.39 is 0 Å². The highest BCUT2D eigenvalue weighted by Crippen LogP contribution is 2.27. The first-order chi connectivity index (χ1) is 13.8. The van der Waals surface area contributed by atoms with Gasteiger partial charge in [0.2, 0.25) is 5.95 Å². The number of benzene rings is 1. The Kier molecular flexibility index (Phi) is 8.05. The van der Waals surface area contributed by atoms with Crippen LogP contribution in [0.25, 0.3) is 0 Å². The third-order valence-corrected chi connectivity index (χ3v) is 5.50. The fraction of sp³-hybridized carbons (Fsp3) is 0.476. The zero-order valence-electron chi connectivity index (χ0n) is 17.0. The molecule has 2 aliphatic rings. The highest BCUT2D eigenvalue weighted by molar-refractivity contribution is 14.0. The number of rotatable bonds is 5. The van der Waals surface area contributed by atoms with Gasteiger partial charge >= 0.3 is 0 Å². The van der Waals surface area contributed by atoms with Crippen molar-refractivity contribution in [1.29, 1.82) is 0 Å². The molecule has 0 aliphatic carbocycles. The maximum absolute atomic E-state index is 4.49. The molecule has 2 aliphatic heterocycles. The lowest BCUT2D eigenvalue weighted by Crippen LogP contribution is -2.48. The molecule has 0 unspecified atom stereocenters. The van der Waals surface area contributed by atoms with Crippen LogP contribution in [0.1, 0.15) is 12.0 Å². The Morgan fingerprint density at radius 2 is 1.79 bits per heavy atom. The second kappa shape index (κ2) is 10.7. The summed E-state index contributed by atoms with van der Waals surface area (Å²) in [5.41, 5.74) is 2.69. The molecule has 0 saturated carbocycles. The van der Waals surface area contributed by atoms with Gasteiger partial charge < -0.3 is 15.1 Å². The zero-order valence-corrected chi connectivity index (χ0v) is 19.3. The summed E-state index contributed by atoms with van der Waals surface area (Å²) >= 11 is 0. The van der Waals surface area contributed by atoms with Gasteiger partial charge in [0.05, 0.1) is 0 Å². The smallest absolute Gasteiger partial charge is 0.225 e. The molecule has 156 valence electrons. The summed E-state index contributed by atoms with van der Waals surface area (Å²) in [4.78, 5) is 20.3. The van der Waals surface area contributed by atoms with Gasteiger partial charge in [-0.3, -0.25) is 9.89 Å². The number of nitrogens with one attached hydrogen (secondary N) is 1. The summed E-state index contributed by atoms with van der Waals surface area (Å²) in [6, 6.07) is 10.5. The Hall–Kier alpha value is -1.94. The van der Waals surface area contributed by atoms with Crippen LogP contribution in [0.3, 0.4) is 0 Å². The van der Waals surface area contributed by atoms with Gasteiger partial charge in [0.15, 0.2) is 5.96 Å². The Morgan fingerprint density at radius 3 is 2.55 bits per heavy atom. The molecule has 7 nitrogen and oxygen atoms in total. The van der Waals surface area contributed by atoms with Crippen molar-refractivity contribution in [3.05, 3.63) is 48.3 Å². The first-order valence-electron chi connectivity index (χ1n) is 10.2. The SMILES string of the molecule is CN=C(NCCCN1CCN(c2ncccn2)CC1)N1CCc2ccccc21.I. The molecule has 1 N–H and O–H groups in total. The van der Waals surface area contributed by atoms with Gasteiger partial charge in [-0.25, -0.2) is 9.97 Å². The number of piperazine rings is 1. The van der Waals surface area contributed by atoms with E-state index in [1.807, 2.05) is 25.5 Å². The molecule has 4 rings (SSSR count). The standard InChI is InChI=1S/C21H29N7.HI/c1-22-20(28-13-8-18-6-2-3-7-19(18)28)23-11-5-12-26-14-16-27(17-15-26)21-24-9-4-10-25-21;/h2-4,6-7,9-10H,5,8,11-17H2,1H3,(H,22,23);1H.